The summed E-state index contributed by atoms with van der Waals surface area (Å²) in [7, 11) is 0. The lowest BCUT2D eigenvalue weighted by Crippen LogP contribution is -2.30. The molecule has 132 valence electrons. The molecule has 0 atom stereocenters. The first kappa shape index (κ1) is 18.4. The van der Waals surface area contributed by atoms with Crippen molar-refractivity contribution in [2.24, 2.45) is 0 Å². The molecule has 0 aliphatic carbocycles. The summed E-state index contributed by atoms with van der Waals surface area (Å²) in [4.78, 5) is 22.3. The van der Waals surface area contributed by atoms with Gasteiger partial charge in [0.15, 0.2) is 6.61 Å². The fourth-order valence-corrected chi connectivity index (χ4v) is 2.24. The summed E-state index contributed by atoms with van der Waals surface area (Å²) in [5, 5.41) is 11.3. The molecule has 25 heavy (non-hydrogen) atoms. The summed E-state index contributed by atoms with van der Waals surface area (Å²) in [5.41, 5.74) is 1.45. The van der Waals surface area contributed by atoms with Crippen LogP contribution >= 0.6 is 0 Å². The van der Waals surface area contributed by atoms with Crippen molar-refractivity contribution in [3.8, 4) is 5.75 Å². The van der Waals surface area contributed by atoms with Gasteiger partial charge in [0.05, 0.1) is 0 Å². The first-order valence-electron chi connectivity index (χ1n) is 7.98. The van der Waals surface area contributed by atoms with Crippen molar-refractivity contribution in [2.45, 2.75) is 19.3 Å². The lowest BCUT2D eigenvalue weighted by atomic mass is 10.1. The highest BCUT2D eigenvalue weighted by Crippen LogP contribution is 2.13. The van der Waals surface area contributed by atoms with Crippen molar-refractivity contribution < 1.29 is 23.8 Å². The first-order valence-corrected chi connectivity index (χ1v) is 7.98. The van der Waals surface area contributed by atoms with E-state index >= 15 is 0 Å². The van der Waals surface area contributed by atoms with E-state index in [2.05, 4.69) is 5.32 Å². The molecule has 0 radical (unpaired) electrons. The zero-order valence-electron chi connectivity index (χ0n) is 13.7. The largest absolute Gasteiger partial charge is 0.484 e. The molecule has 0 aliphatic rings. The Bertz CT molecular complexity index is 716. The molecule has 2 aromatic rings. The topological polar surface area (TPSA) is 75.6 Å². The molecule has 0 unspecified atom stereocenters. The predicted octanol–water partition coefficient (Wildman–Crippen LogP) is 2.58. The molecule has 0 aliphatic heterocycles. The van der Waals surface area contributed by atoms with Gasteiger partial charge in [-0.2, -0.15) is 0 Å². The molecule has 0 saturated heterocycles. The number of hydrogen-bond donors (Lipinski definition) is 2. The van der Waals surface area contributed by atoms with Crippen molar-refractivity contribution in [2.75, 3.05) is 13.2 Å². The maximum atomic E-state index is 13.4. The normalized spacial score (nSPS) is 10.3. The van der Waals surface area contributed by atoms with Gasteiger partial charge in [-0.15, -0.1) is 0 Å². The van der Waals surface area contributed by atoms with Gasteiger partial charge in [-0.1, -0.05) is 30.3 Å². The van der Waals surface area contributed by atoms with E-state index in [1.807, 2.05) is 0 Å². The number of amides is 1. The summed E-state index contributed by atoms with van der Waals surface area (Å²) in [6.07, 6.45) is 0.938. The fourth-order valence-electron chi connectivity index (χ4n) is 2.24. The Morgan fingerprint density at radius 3 is 2.44 bits per heavy atom. The zero-order chi connectivity index (χ0) is 18.1. The Hall–Kier alpha value is -2.89. The van der Waals surface area contributed by atoms with Crippen LogP contribution in [-0.2, 0) is 22.4 Å². The zero-order valence-corrected chi connectivity index (χ0v) is 13.7. The highest BCUT2D eigenvalue weighted by Gasteiger charge is 2.05. The quantitative estimate of drug-likeness (QED) is 0.732. The summed E-state index contributed by atoms with van der Waals surface area (Å²) in [6.45, 7) is 0.197. The van der Waals surface area contributed by atoms with Crippen LogP contribution in [0.5, 0.6) is 5.75 Å². The van der Waals surface area contributed by atoms with Gasteiger partial charge in [-0.05, 0) is 42.2 Å². The number of nitrogens with one attached hydrogen (secondary N) is 1. The van der Waals surface area contributed by atoms with E-state index < -0.39 is 5.97 Å². The molecule has 0 aromatic heterocycles. The molecule has 5 nitrogen and oxygen atoms in total. The highest BCUT2D eigenvalue weighted by atomic mass is 19.1. The van der Waals surface area contributed by atoms with Crippen LogP contribution in [-0.4, -0.2) is 30.1 Å². The monoisotopic (exact) mass is 345 g/mol. The average molecular weight is 345 g/mol. The second-order valence-corrected chi connectivity index (χ2v) is 5.52. The van der Waals surface area contributed by atoms with Crippen LogP contribution in [0.2, 0.25) is 0 Å². The van der Waals surface area contributed by atoms with E-state index in [0.29, 0.717) is 30.7 Å². The van der Waals surface area contributed by atoms with E-state index in [-0.39, 0.29) is 24.8 Å². The van der Waals surface area contributed by atoms with Gasteiger partial charge < -0.3 is 15.2 Å². The number of aliphatic carboxylic acids is 1. The lowest BCUT2D eigenvalue weighted by Gasteiger charge is -2.08. The number of benzene rings is 2. The van der Waals surface area contributed by atoms with Crippen molar-refractivity contribution >= 4 is 11.9 Å². The van der Waals surface area contributed by atoms with E-state index in [0.717, 1.165) is 5.56 Å². The molecule has 1 amide bonds. The smallest absolute Gasteiger partial charge is 0.303 e. The minimum atomic E-state index is -0.840. The third kappa shape index (κ3) is 6.63. The second kappa shape index (κ2) is 9.42. The average Bonchev–Trinajstić information content (AvgIpc) is 2.60. The first-order chi connectivity index (χ1) is 12.0. The molecular formula is C19H20FNO4. The van der Waals surface area contributed by atoms with Gasteiger partial charge in [-0.25, -0.2) is 4.39 Å². The number of carbonyl (C=O) groups excluding carboxylic acids is 1. The van der Waals surface area contributed by atoms with Crippen molar-refractivity contribution in [3.05, 3.63) is 65.5 Å². The van der Waals surface area contributed by atoms with Crippen molar-refractivity contribution in [3.63, 3.8) is 0 Å². The Balaban J connectivity index is 1.69. The van der Waals surface area contributed by atoms with E-state index in [1.165, 1.54) is 6.07 Å². The number of carbonyl (C=O) groups is 2. The number of aryl methyl sites for hydroxylation is 1. The van der Waals surface area contributed by atoms with Crippen LogP contribution in [0.25, 0.3) is 0 Å². The van der Waals surface area contributed by atoms with Gasteiger partial charge in [-0.3, -0.25) is 9.59 Å². The van der Waals surface area contributed by atoms with Crippen molar-refractivity contribution in [1.82, 2.24) is 5.32 Å². The minimum absolute atomic E-state index is 0.0740. The van der Waals surface area contributed by atoms with Gasteiger partial charge in [0.25, 0.3) is 5.91 Å². The summed E-state index contributed by atoms with van der Waals surface area (Å²) >= 11 is 0. The highest BCUT2D eigenvalue weighted by molar-refractivity contribution is 5.77. The van der Waals surface area contributed by atoms with Gasteiger partial charge in [0.1, 0.15) is 11.6 Å². The number of ether oxygens (including phenoxy) is 1. The molecular weight excluding hydrogens is 325 g/mol. The molecule has 0 spiro atoms. The van der Waals surface area contributed by atoms with Gasteiger partial charge in [0.2, 0.25) is 0 Å². The SMILES string of the molecule is O=C(O)CCc1ccc(OCC(=O)NCCc2ccccc2F)cc1. The molecule has 2 aromatic carbocycles. The maximum absolute atomic E-state index is 13.4. The van der Waals surface area contributed by atoms with Gasteiger partial charge in [0, 0.05) is 13.0 Å². The van der Waals surface area contributed by atoms with Gasteiger partial charge >= 0.3 is 5.97 Å². The van der Waals surface area contributed by atoms with Crippen LogP contribution in [0.3, 0.4) is 0 Å². The third-order valence-electron chi connectivity index (χ3n) is 3.60. The standard InChI is InChI=1S/C19H20FNO4/c20-17-4-2-1-3-15(17)11-12-21-18(22)13-25-16-8-5-14(6-9-16)7-10-19(23)24/h1-6,8-9H,7,10-13H2,(H,21,22)(H,23,24). The number of halogens is 1. The Morgan fingerprint density at radius 1 is 1.04 bits per heavy atom. The van der Waals surface area contributed by atoms with E-state index in [1.54, 1.807) is 42.5 Å². The lowest BCUT2D eigenvalue weighted by molar-refractivity contribution is -0.137. The van der Waals surface area contributed by atoms with Crippen molar-refractivity contribution in [1.29, 1.82) is 0 Å². The second-order valence-electron chi connectivity index (χ2n) is 5.52. The maximum Gasteiger partial charge on any atom is 0.303 e. The summed E-state index contributed by atoms with van der Waals surface area (Å²) in [6, 6.07) is 13.4. The number of hydrogen-bond acceptors (Lipinski definition) is 3. The Morgan fingerprint density at radius 2 is 1.76 bits per heavy atom. The van der Waals surface area contributed by atoms with Crippen LogP contribution in [0.1, 0.15) is 17.5 Å². The Labute approximate surface area is 145 Å². The number of rotatable bonds is 9. The van der Waals surface area contributed by atoms with Crippen LogP contribution in [0.4, 0.5) is 4.39 Å². The number of carboxylic acids is 1. The summed E-state index contributed by atoms with van der Waals surface area (Å²) in [5.74, 6) is -0.877. The van der Waals surface area contributed by atoms with Crippen LogP contribution < -0.4 is 10.1 Å². The molecule has 0 bridgehead atoms. The molecule has 0 fully saturated rings. The van der Waals surface area contributed by atoms with Crippen LogP contribution in [0.15, 0.2) is 48.5 Å². The van der Waals surface area contributed by atoms with E-state index in [4.69, 9.17) is 9.84 Å². The number of carboxylic acid groups (broad SMARTS) is 1. The Kier molecular flexibility index (Phi) is 6.95. The summed E-state index contributed by atoms with van der Waals surface area (Å²) < 4.78 is 18.8. The molecule has 2 rings (SSSR count). The molecule has 6 heteroatoms. The molecule has 0 heterocycles. The van der Waals surface area contributed by atoms with Crippen LogP contribution in [0, 0.1) is 5.82 Å². The third-order valence-corrected chi connectivity index (χ3v) is 3.60. The molecule has 2 N–H and O–H groups in total. The predicted molar refractivity (Wildman–Crippen MR) is 91.0 cm³/mol. The minimum Gasteiger partial charge on any atom is -0.484 e. The van der Waals surface area contributed by atoms with E-state index in [9.17, 15) is 14.0 Å². The molecule has 0 saturated carbocycles. The fraction of sp³-hybridized carbons (Fsp3) is 0.263.